The van der Waals surface area contributed by atoms with Crippen LogP contribution in [0.25, 0.3) is 0 Å². The molecule has 1 unspecified atom stereocenters. The maximum absolute atomic E-state index is 13.3. The number of carbonyl (C=O) groups is 3. The molecular weight excluding hydrogens is 598 g/mol. The van der Waals surface area contributed by atoms with E-state index in [2.05, 4.69) is 10.6 Å². The number of piperazine rings is 1. The number of ether oxygens (including phenoxy) is 1. The molecule has 2 N–H and O–H groups in total. The van der Waals surface area contributed by atoms with Crippen LogP contribution < -0.4 is 10.6 Å². The second-order valence-electron chi connectivity index (χ2n) is 9.64. The molecular formula is C28H30Cl2F3N5O4. The molecule has 0 saturated carbocycles. The molecule has 2 heterocycles. The van der Waals surface area contributed by atoms with Gasteiger partial charge in [0.05, 0.1) is 23.8 Å². The summed E-state index contributed by atoms with van der Waals surface area (Å²) in [5, 5.41) is 6.18. The fraction of sp³-hybridized carbons (Fsp3) is 0.393. The molecule has 226 valence electrons. The van der Waals surface area contributed by atoms with E-state index in [4.69, 9.17) is 27.9 Å². The molecule has 4 amide bonds. The van der Waals surface area contributed by atoms with Crippen molar-refractivity contribution in [2.45, 2.75) is 26.1 Å². The van der Waals surface area contributed by atoms with Gasteiger partial charge in [-0.15, -0.1) is 0 Å². The molecule has 4 rings (SSSR count). The molecule has 2 aromatic rings. The molecule has 2 aromatic carbocycles. The van der Waals surface area contributed by atoms with Crippen molar-refractivity contribution in [2.75, 3.05) is 51.2 Å². The molecule has 0 spiro atoms. The van der Waals surface area contributed by atoms with Crippen LogP contribution in [0.4, 0.5) is 28.4 Å². The Balaban J connectivity index is 1.52. The number of hydrogen-bond donors (Lipinski definition) is 2. The first-order valence-electron chi connectivity index (χ1n) is 13.3. The summed E-state index contributed by atoms with van der Waals surface area (Å²) in [6, 6.07) is 7.34. The van der Waals surface area contributed by atoms with Gasteiger partial charge in [-0.2, -0.15) is 13.2 Å². The third-order valence-electron chi connectivity index (χ3n) is 7.02. The number of halogens is 5. The Kier molecular flexibility index (Phi) is 9.90. The van der Waals surface area contributed by atoms with Crippen LogP contribution in [-0.4, -0.2) is 78.6 Å². The Bertz CT molecular complexity index is 1360. The van der Waals surface area contributed by atoms with E-state index in [-0.39, 0.29) is 29.4 Å². The zero-order chi connectivity index (χ0) is 30.6. The largest absolute Gasteiger partial charge is 0.463 e. The number of amides is 4. The highest BCUT2D eigenvalue weighted by Gasteiger charge is 2.39. The summed E-state index contributed by atoms with van der Waals surface area (Å²) in [6.45, 7) is 5.61. The number of alkyl halides is 3. The highest BCUT2D eigenvalue weighted by atomic mass is 35.5. The molecule has 0 bridgehead atoms. The van der Waals surface area contributed by atoms with Gasteiger partial charge in [0.15, 0.2) is 0 Å². The molecule has 0 radical (unpaired) electrons. The predicted octanol–water partition coefficient (Wildman–Crippen LogP) is 5.77. The molecule has 2 aliphatic heterocycles. The lowest BCUT2D eigenvalue weighted by Gasteiger charge is -2.40. The van der Waals surface area contributed by atoms with E-state index in [9.17, 15) is 27.6 Å². The molecule has 1 fully saturated rings. The van der Waals surface area contributed by atoms with E-state index < -0.39 is 35.8 Å². The van der Waals surface area contributed by atoms with Gasteiger partial charge in [-0.05, 0) is 55.8 Å². The Labute approximate surface area is 251 Å². The van der Waals surface area contributed by atoms with E-state index in [1.165, 1.54) is 23.1 Å². The van der Waals surface area contributed by atoms with Gasteiger partial charge in [0.1, 0.15) is 0 Å². The first-order valence-corrected chi connectivity index (χ1v) is 14.1. The summed E-state index contributed by atoms with van der Waals surface area (Å²) in [7, 11) is 0. The number of nitrogens with one attached hydrogen (secondary N) is 2. The molecule has 0 aromatic heterocycles. The Morgan fingerprint density at radius 2 is 1.71 bits per heavy atom. The third kappa shape index (κ3) is 7.11. The number of carbonyl (C=O) groups excluding carboxylic acids is 3. The van der Waals surface area contributed by atoms with Gasteiger partial charge in [-0.25, -0.2) is 14.4 Å². The highest BCUT2D eigenvalue weighted by Crippen LogP contribution is 2.36. The fourth-order valence-electron chi connectivity index (χ4n) is 4.89. The first-order chi connectivity index (χ1) is 19.9. The smallest absolute Gasteiger partial charge is 0.416 e. The highest BCUT2D eigenvalue weighted by molar-refractivity contribution is 6.35. The van der Waals surface area contributed by atoms with Gasteiger partial charge in [-0.3, -0.25) is 9.80 Å². The van der Waals surface area contributed by atoms with E-state index in [0.717, 1.165) is 12.1 Å². The number of hydrogen-bond acceptors (Lipinski definition) is 5. The van der Waals surface area contributed by atoms with Crippen LogP contribution in [-0.2, 0) is 15.7 Å². The SMILES string of the molecule is CCOC(=O)C1=C(CN2CCN(C(=O)Nc3ccc(C(F)(F)F)cc3)CC2)N(CC)C(=O)NC1c1ccc(Cl)cc1Cl. The Morgan fingerprint density at radius 1 is 1.05 bits per heavy atom. The van der Waals surface area contributed by atoms with Crippen molar-refractivity contribution >= 4 is 46.9 Å². The van der Waals surface area contributed by atoms with Gasteiger partial charge in [-0.1, -0.05) is 29.3 Å². The second-order valence-corrected chi connectivity index (χ2v) is 10.5. The van der Waals surface area contributed by atoms with Crippen LogP contribution in [0.5, 0.6) is 0 Å². The predicted molar refractivity (Wildman–Crippen MR) is 152 cm³/mol. The van der Waals surface area contributed by atoms with Gasteiger partial charge in [0.2, 0.25) is 0 Å². The van der Waals surface area contributed by atoms with Crippen LogP contribution in [0, 0.1) is 0 Å². The zero-order valence-corrected chi connectivity index (χ0v) is 24.4. The summed E-state index contributed by atoms with van der Waals surface area (Å²) in [6.07, 6.45) is -4.46. The number of nitrogens with zero attached hydrogens (tertiary/aromatic N) is 3. The van der Waals surface area contributed by atoms with Gasteiger partial charge < -0.3 is 20.3 Å². The first kappa shape index (κ1) is 31.5. The number of likely N-dealkylation sites (N-methyl/N-ethyl adjacent to an activating group) is 1. The molecule has 1 atom stereocenters. The van der Waals surface area contributed by atoms with Gasteiger partial charge in [0.25, 0.3) is 0 Å². The second kappa shape index (κ2) is 13.2. The minimum atomic E-state index is -4.46. The van der Waals surface area contributed by atoms with Crippen LogP contribution in [0.1, 0.15) is 31.0 Å². The fourth-order valence-corrected chi connectivity index (χ4v) is 5.41. The van der Waals surface area contributed by atoms with Crippen molar-refractivity contribution in [1.82, 2.24) is 20.0 Å². The van der Waals surface area contributed by atoms with Gasteiger partial charge >= 0.3 is 24.2 Å². The topological polar surface area (TPSA) is 94.2 Å². The summed E-state index contributed by atoms with van der Waals surface area (Å²) < 4.78 is 43.9. The lowest BCUT2D eigenvalue weighted by Crippen LogP contribution is -2.54. The van der Waals surface area contributed by atoms with E-state index in [0.29, 0.717) is 49.0 Å². The minimum Gasteiger partial charge on any atom is -0.463 e. The lowest BCUT2D eigenvalue weighted by molar-refractivity contribution is -0.139. The summed E-state index contributed by atoms with van der Waals surface area (Å²) in [4.78, 5) is 44.3. The van der Waals surface area contributed by atoms with Crippen LogP contribution in [0.15, 0.2) is 53.7 Å². The number of esters is 1. The molecule has 42 heavy (non-hydrogen) atoms. The lowest BCUT2D eigenvalue weighted by atomic mass is 9.94. The van der Waals surface area contributed by atoms with Crippen LogP contribution >= 0.6 is 23.2 Å². The average Bonchev–Trinajstić information content (AvgIpc) is 2.93. The normalized spacial score (nSPS) is 18.2. The van der Waals surface area contributed by atoms with Crippen molar-refractivity contribution in [2.24, 2.45) is 0 Å². The van der Waals surface area contributed by atoms with Crippen molar-refractivity contribution < 1.29 is 32.3 Å². The minimum absolute atomic E-state index is 0.128. The third-order valence-corrected chi connectivity index (χ3v) is 7.58. The monoisotopic (exact) mass is 627 g/mol. The Hall–Kier alpha value is -3.48. The van der Waals surface area contributed by atoms with Crippen molar-refractivity contribution in [3.8, 4) is 0 Å². The number of anilines is 1. The van der Waals surface area contributed by atoms with E-state index in [1.54, 1.807) is 30.9 Å². The number of urea groups is 2. The van der Waals surface area contributed by atoms with E-state index >= 15 is 0 Å². The maximum Gasteiger partial charge on any atom is 0.416 e. The Morgan fingerprint density at radius 3 is 2.29 bits per heavy atom. The van der Waals surface area contributed by atoms with Crippen LogP contribution in [0.3, 0.4) is 0 Å². The number of rotatable bonds is 7. The average molecular weight is 628 g/mol. The van der Waals surface area contributed by atoms with Gasteiger partial charge in [0, 0.05) is 60.7 Å². The quantitative estimate of drug-likeness (QED) is 0.380. The number of benzene rings is 2. The molecule has 9 nitrogen and oxygen atoms in total. The van der Waals surface area contributed by atoms with Crippen molar-refractivity contribution in [3.63, 3.8) is 0 Å². The molecule has 14 heteroatoms. The summed E-state index contributed by atoms with van der Waals surface area (Å²) >= 11 is 12.5. The standard InChI is InChI=1S/C28H30Cl2F3N5O4/c1-3-38-22(23(25(39)42-4-2)24(35-27(38)41)20-10-7-18(29)15-21(20)30)16-36-11-13-37(14-12-36)26(40)34-19-8-5-17(6-9-19)28(31,32)33/h5-10,15,24H,3-4,11-14,16H2,1-2H3,(H,34,40)(H,35,41). The summed E-state index contributed by atoms with van der Waals surface area (Å²) in [5.41, 5.74) is 0.668. The molecule has 2 aliphatic rings. The van der Waals surface area contributed by atoms with E-state index in [1.807, 2.05) is 4.90 Å². The van der Waals surface area contributed by atoms with Crippen molar-refractivity contribution in [3.05, 3.63) is 74.9 Å². The van der Waals surface area contributed by atoms with Crippen LogP contribution in [0.2, 0.25) is 10.0 Å². The maximum atomic E-state index is 13.3. The summed E-state index contributed by atoms with van der Waals surface area (Å²) in [5.74, 6) is -0.587. The zero-order valence-electron chi connectivity index (χ0n) is 22.9. The van der Waals surface area contributed by atoms with Crippen molar-refractivity contribution in [1.29, 1.82) is 0 Å². The molecule has 0 aliphatic carbocycles. The molecule has 1 saturated heterocycles.